The third-order valence-corrected chi connectivity index (χ3v) is 7.24. The Labute approximate surface area is 232 Å². The van der Waals surface area contributed by atoms with E-state index in [9.17, 15) is 14.4 Å². The van der Waals surface area contributed by atoms with Crippen molar-refractivity contribution in [3.05, 3.63) is 63.7 Å². The Hall–Kier alpha value is -4.12. The largest absolute Gasteiger partial charge is 0.493 e. The molecule has 1 aromatic heterocycles. The summed E-state index contributed by atoms with van der Waals surface area (Å²) in [4.78, 5) is 41.3. The number of carbonyl (C=O) groups is 3. The van der Waals surface area contributed by atoms with E-state index in [4.69, 9.17) is 20.9 Å². The minimum atomic E-state index is -1.12. The number of nitrogen functional groups attached to an aromatic ring is 1. The maximum atomic E-state index is 14.2. The summed E-state index contributed by atoms with van der Waals surface area (Å²) in [5.74, 6) is -0.597. The van der Waals surface area contributed by atoms with E-state index in [2.05, 4.69) is 23.5 Å². The van der Waals surface area contributed by atoms with Crippen molar-refractivity contribution < 1.29 is 23.9 Å². The highest BCUT2D eigenvalue weighted by molar-refractivity contribution is 7.09. The van der Waals surface area contributed by atoms with E-state index in [0.29, 0.717) is 35.2 Å². The summed E-state index contributed by atoms with van der Waals surface area (Å²) in [5, 5.41) is 2.98. The molecule has 208 valence electrons. The van der Waals surface area contributed by atoms with Crippen molar-refractivity contribution in [1.29, 1.82) is 0 Å². The molecule has 39 heavy (non-hydrogen) atoms. The number of aryl methyl sites for hydroxylation is 2. The molecule has 0 aliphatic heterocycles. The van der Waals surface area contributed by atoms with Crippen LogP contribution in [-0.2, 0) is 4.79 Å². The number of benzene rings is 2. The predicted molar refractivity (Wildman–Crippen MR) is 153 cm³/mol. The van der Waals surface area contributed by atoms with Crippen LogP contribution >= 0.6 is 11.5 Å². The normalized spacial score (nSPS) is 11.7. The Morgan fingerprint density at radius 3 is 2.28 bits per heavy atom. The van der Waals surface area contributed by atoms with Gasteiger partial charge >= 0.3 is 0 Å². The van der Waals surface area contributed by atoms with Crippen LogP contribution in [0.5, 0.6) is 11.5 Å². The molecular weight excluding hydrogens is 518 g/mol. The zero-order valence-electron chi connectivity index (χ0n) is 23.0. The zero-order valence-corrected chi connectivity index (χ0v) is 23.8. The van der Waals surface area contributed by atoms with Crippen molar-refractivity contribution in [1.82, 2.24) is 9.69 Å². The van der Waals surface area contributed by atoms with Crippen LogP contribution < -0.4 is 31.2 Å². The summed E-state index contributed by atoms with van der Waals surface area (Å²) in [6.07, 6.45) is 0.756. The fraction of sp³-hybridized carbons (Fsp3) is 0.357. The minimum absolute atomic E-state index is 0.00230. The Morgan fingerprint density at radius 1 is 1.03 bits per heavy atom. The molecular formula is C28H35N5O5S. The highest BCUT2D eigenvalue weighted by Gasteiger charge is 2.36. The fourth-order valence-corrected chi connectivity index (χ4v) is 4.76. The third kappa shape index (κ3) is 6.48. The van der Waals surface area contributed by atoms with E-state index in [-0.39, 0.29) is 16.3 Å². The van der Waals surface area contributed by atoms with E-state index in [1.165, 1.54) is 19.1 Å². The molecule has 0 radical (unpaired) electrons. The van der Waals surface area contributed by atoms with Gasteiger partial charge in [0, 0.05) is 12.2 Å². The van der Waals surface area contributed by atoms with Gasteiger partial charge in [-0.1, -0.05) is 26.0 Å². The van der Waals surface area contributed by atoms with E-state index in [1.54, 1.807) is 24.3 Å². The molecule has 3 aromatic rings. The highest BCUT2D eigenvalue weighted by Crippen LogP contribution is 2.37. The molecule has 0 aliphatic rings. The zero-order chi connectivity index (χ0) is 28.9. The standard InChI is InChI=1S/C28H35N5O5S/c1-15(2)11-12-31-27(35)24(18-8-10-20(37-5)21(14-18)38-6)33(19-9-7-16(3)17(4)13-19)28(36)25-22(29)23(26(30)34)32-39-25/h7-10,13-15,24H,11-12,29H2,1-6H3,(H2,30,34)(H,31,35)/t24-/m1/s1. The van der Waals surface area contributed by atoms with Crippen LogP contribution in [0.25, 0.3) is 0 Å². The monoisotopic (exact) mass is 553 g/mol. The molecule has 0 saturated heterocycles. The van der Waals surface area contributed by atoms with Gasteiger partial charge in [-0.3, -0.25) is 19.3 Å². The number of amides is 3. The van der Waals surface area contributed by atoms with Gasteiger partial charge in [-0.25, -0.2) is 0 Å². The van der Waals surface area contributed by atoms with Gasteiger partial charge in [0.25, 0.3) is 11.8 Å². The average Bonchev–Trinajstić information content (AvgIpc) is 3.29. The molecule has 1 heterocycles. The Morgan fingerprint density at radius 2 is 1.72 bits per heavy atom. The molecule has 5 N–H and O–H groups in total. The molecule has 0 saturated carbocycles. The van der Waals surface area contributed by atoms with Crippen LogP contribution in [0.3, 0.4) is 0 Å². The van der Waals surface area contributed by atoms with E-state index < -0.39 is 23.8 Å². The molecule has 0 unspecified atom stereocenters. The number of aromatic nitrogens is 1. The van der Waals surface area contributed by atoms with E-state index >= 15 is 0 Å². The number of nitrogens with two attached hydrogens (primary N) is 2. The smallest absolute Gasteiger partial charge is 0.273 e. The molecule has 0 spiro atoms. The molecule has 0 bridgehead atoms. The number of primary amides is 1. The molecule has 3 amide bonds. The van der Waals surface area contributed by atoms with Gasteiger partial charge in [-0.2, -0.15) is 4.37 Å². The summed E-state index contributed by atoms with van der Waals surface area (Å²) in [6.45, 7) is 8.42. The number of nitrogens with one attached hydrogen (secondary N) is 1. The van der Waals surface area contributed by atoms with Crippen LogP contribution in [0.15, 0.2) is 36.4 Å². The van der Waals surface area contributed by atoms with Crippen LogP contribution in [0.2, 0.25) is 0 Å². The third-order valence-electron chi connectivity index (χ3n) is 6.39. The molecule has 3 rings (SSSR count). The Bertz CT molecular complexity index is 1370. The summed E-state index contributed by atoms with van der Waals surface area (Å²) < 4.78 is 14.9. The highest BCUT2D eigenvalue weighted by atomic mass is 32.1. The lowest BCUT2D eigenvalue weighted by Gasteiger charge is -2.32. The quantitative estimate of drug-likeness (QED) is 0.325. The predicted octanol–water partition coefficient (Wildman–Crippen LogP) is 4.01. The number of hydrogen-bond donors (Lipinski definition) is 3. The van der Waals surface area contributed by atoms with Crippen molar-refractivity contribution in [3.8, 4) is 11.5 Å². The van der Waals surface area contributed by atoms with Gasteiger partial charge in [-0.15, -0.1) is 0 Å². The summed E-state index contributed by atoms with van der Waals surface area (Å²) in [5.41, 5.74) is 14.1. The second-order valence-electron chi connectivity index (χ2n) is 9.57. The van der Waals surface area contributed by atoms with E-state index in [1.807, 2.05) is 26.0 Å². The molecule has 10 nitrogen and oxygen atoms in total. The topological polar surface area (TPSA) is 150 Å². The maximum Gasteiger partial charge on any atom is 0.273 e. The lowest BCUT2D eigenvalue weighted by molar-refractivity contribution is -0.122. The van der Waals surface area contributed by atoms with Crippen molar-refractivity contribution in [2.75, 3.05) is 31.4 Å². The lowest BCUT2D eigenvalue weighted by atomic mass is 10.00. The maximum absolute atomic E-state index is 14.2. The second-order valence-corrected chi connectivity index (χ2v) is 10.3. The first-order valence-electron chi connectivity index (χ1n) is 12.5. The number of methoxy groups -OCH3 is 2. The van der Waals surface area contributed by atoms with Crippen molar-refractivity contribution in [2.24, 2.45) is 11.7 Å². The average molecular weight is 554 g/mol. The second kappa shape index (κ2) is 12.6. The van der Waals surface area contributed by atoms with Crippen molar-refractivity contribution in [3.63, 3.8) is 0 Å². The van der Waals surface area contributed by atoms with Crippen LogP contribution in [0.4, 0.5) is 11.4 Å². The van der Waals surface area contributed by atoms with Crippen LogP contribution in [-0.4, -0.2) is 42.9 Å². The van der Waals surface area contributed by atoms with Crippen molar-refractivity contribution in [2.45, 2.75) is 40.2 Å². The van der Waals surface area contributed by atoms with Crippen LogP contribution in [0.1, 0.15) is 63.2 Å². The van der Waals surface area contributed by atoms with Gasteiger partial charge in [0.15, 0.2) is 17.2 Å². The van der Waals surface area contributed by atoms with Gasteiger partial charge in [-0.05, 0) is 78.7 Å². The Balaban J connectivity index is 2.25. The summed E-state index contributed by atoms with van der Waals surface area (Å²) in [6, 6.07) is 9.40. The van der Waals surface area contributed by atoms with Crippen LogP contribution in [0, 0.1) is 19.8 Å². The lowest BCUT2D eigenvalue weighted by Crippen LogP contribution is -2.44. The van der Waals surface area contributed by atoms with Gasteiger partial charge < -0.3 is 26.3 Å². The summed E-state index contributed by atoms with van der Waals surface area (Å²) >= 11 is 0.759. The Kier molecular flexibility index (Phi) is 9.52. The van der Waals surface area contributed by atoms with E-state index in [0.717, 1.165) is 29.1 Å². The summed E-state index contributed by atoms with van der Waals surface area (Å²) in [7, 11) is 3.01. The first kappa shape index (κ1) is 29.4. The molecule has 11 heteroatoms. The minimum Gasteiger partial charge on any atom is -0.493 e. The number of ether oxygens (including phenoxy) is 2. The van der Waals surface area contributed by atoms with Gasteiger partial charge in [0.1, 0.15) is 10.9 Å². The molecule has 1 atom stereocenters. The molecule has 0 fully saturated rings. The van der Waals surface area contributed by atoms with Gasteiger partial charge in [0.2, 0.25) is 5.91 Å². The number of nitrogens with zero attached hydrogens (tertiary/aromatic N) is 2. The number of carbonyl (C=O) groups excluding carboxylic acids is 3. The first-order valence-corrected chi connectivity index (χ1v) is 13.2. The number of anilines is 2. The molecule has 2 aromatic carbocycles. The molecule has 0 aliphatic carbocycles. The van der Waals surface area contributed by atoms with Gasteiger partial charge in [0.05, 0.1) is 19.9 Å². The SMILES string of the molecule is COc1ccc([C@H](C(=O)NCCC(C)C)N(C(=O)c2snc(C(N)=O)c2N)c2ccc(C)c(C)c2)cc1OC. The van der Waals surface area contributed by atoms with Crippen molar-refractivity contribution >= 4 is 40.6 Å². The fourth-order valence-electron chi connectivity index (χ4n) is 4.02. The first-order chi connectivity index (χ1) is 18.5. The number of rotatable bonds is 11. The number of hydrogen-bond acceptors (Lipinski definition) is 8.